The quantitative estimate of drug-likeness (QED) is 0.731. The van der Waals surface area contributed by atoms with E-state index >= 15 is 0 Å². The predicted molar refractivity (Wildman–Crippen MR) is 56.4 cm³/mol. The zero-order chi connectivity index (χ0) is 10.6. The van der Waals surface area contributed by atoms with Crippen LogP contribution in [0.3, 0.4) is 0 Å². The molecule has 78 valence electrons. The highest BCUT2D eigenvalue weighted by Crippen LogP contribution is 2.13. The average Bonchev–Trinajstić information content (AvgIpc) is 2.17. The van der Waals surface area contributed by atoms with Gasteiger partial charge in [0, 0.05) is 25.9 Å². The molecule has 3 heteroatoms. The first-order valence-electron chi connectivity index (χ1n) is 4.76. The van der Waals surface area contributed by atoms with Crippen LogP contribution in [0, 0.1) is 0 Å². The second-order valence-corrected chi connectivity index (χ2v) is 3.95. The molecule has 0 fully saturated rings. The molecule has 1 heterocycles. The molecule has 0 aromatic carbocycles. The lowest BCUT2D eigenvalue weighted by molar-refractivity contribution is 0.0118. The van der Waals surface area contributed by atoms with Gasteiger partial charge in [0.1, 0.15) is 0 Å². The van der Waals surface area contributed by atoms with Crippen LogP contribution >= 0.6 is 0 Å². The van der Waals surface area contributed by atoms with Crippen LogP contribution in [0.4, 0.5) is 0 Å². The number of pyridine rings is 1. The van der Waals surface area contributed by atoms with Crippen LogP contribution in [0.25, 0.3) is 0 Å². The van der Waals surface area contributed by atoms with E-state index in [9.17, 15) is 4.79 Å². The van der Waals surface area contributed by atoms with Crippen molar-refractivity contribution in [2.24, 2.45) is 0 Å². The van der Waals surface area contributed by atoms with Gasteiger partial charge in [-0.2, -0.15) is 0 Å². The van der Waals surface area contributed by atoms with E-state index in [-0.39, 0.29) is 11.2 Å². The number of methoxy groups -OCH3 is 1. The topological polar surface area (TPSA) is 31.2 Å². The van der Waals surface area contributed by atoms with Gasteiger partial charge >= 0.3 is 0 Å². The van der Waals surface area contributed by atoms with Crippen LogP contribution < -0.4 is 5.56 Å². The fourth-order valence-corrected chi connectivity index (χ4v) is 1.14. The Morgan fingerprint density at radius 3 is 2.71 bits per heavy atom. The zero-order valence-electron chi connectivity index (χ0n) is 8.99. The van der Waals surface area contributed by atoms with E-state index in [0.29, 0.717) is 6.54 Å². The predicted octanol–water partition coefficient (Wildman–Crippen LogP) is 1.66. The van der Waals surface area contributed by atoms with E-state index in [1.54, 1.807) is 30.0 Å². The summed E-state index contributed by atoms with van der Waals surface area (Å²) in [7, 11) is 1.69. The molecular weight excluding hydrogens is 178 g/mol. The number of hydrogen-bond acceptors (Lipinski definition) is 2. The minimum atomic E-state index is -0.171. The number of aromatic nitrogens is 1. The number of rotatable bonds is 4. The standard InChI is InChI=1S/C11H17NO2/c1-11(2,14-3)7-9-12-8-5-4-6-10(12)13/h4-6,8H,7,9H2,1-3H3. The van der Waals surface area contributed by atoms with Gasteiger partial charge in [-0.05, 0) is 26.3 Å². The lowest BCUT2D eigenvalue weighted by Crippen LogP contribution is -2.27. The van der Waals surface area contributed by atoms with Crippen molar-refractivity contribution in [1.82, 2.24) is 4.57 Å². The lowest BCUT2D eigenvalue weighted by atomic mass is 10.1. The maximum atomic E-state index is 11.3. The molecule has 0 saturated heterocycles. The van der Waals surface area contributed by atoms with Crippen LogP contribution in [0.1, 0.15) is 20.3 Å². The summed E-state index contributed by atoms with van der Waals surface area (Å²) in [5.74, 6) is 0. The third kappa shape index (κ3) is 3.00. The number of aryl methyl sites for hydroxylation is 1. The summed E-state index contributed by atoms with van der Waals surface area (Å²) >= 11 is 0. The fraction of sp³-hybridized carbons (Fsp3) is 0.545. The molecule has 0 radical (unpaired) electrons. The molecule has 0 bridgehead atoms. The van der Waals surface area contributed by atoms with Gasteiger partial charge in [0.25, 0.3) is 0 Å². The highest BCUT2D eigenvalue weighted by atomic mass is 16.5. The van der Waals surface area contributed by atoms with Crippen molar-refractivity contribution in [1.29, 1.82) is 0 Å². The van der Waals surface area contributed by atoms with E-state index in [1.807, 2.05) is 19.9 Å². The van der Waals surface area contributed by atoms with E-state index < -0.39 is 0 Å². The summed E-state index contributed by atoms with van der Waals surface area (Å²) in [6.07, 6.45) is 2.63. The summed E-state index contributed by atoms with van der Waals surface area (Å²) in [4.78, 5) is 11.3. The third-order valence-corrected chi connectivity index (χ3v) is 2.41. The summed E-state index contributed by atoms with van der Waals surface area (Å²) in [5, 5.41) is 0. The van der Waals surface area contributed by atoms with E-state index in [4.69, 9.17) is 4.74 Å². The molecule has 0 saturated carbocycles. The van der Waals surface area contributed by atoms with Crippen molar-refractivity contribution < 1.29 is 4.74 Å². The van der Waals surface area contributed by atoms with Gasteiger partial charge in [-0.15, -0.1) is 0 Å². The summed E-state index contributed by atoms with van der Waals surface area (Å²) in [6, 6.07) is 5.18. The van der Waals surface area contributed by atoms with Gasteiger partial charge in [0.05, 0.1) is 5.60 Å². The molecular formula is C11H17NO2. The molecule has 0 aliphatic heterocycles. The maximum Gasteiger partial charge on any atom is 0.250 e. The second kappa shape index (κ2) is 4.42. The van der Waals surface area contributed by atoms with Gasteiger partial charge in [0.2, 0.25) is 5.56 Å². The van der Waals surface area contributed by atoms with Gasteiger partial charge in [-0.3, -0.25) is 4.79 Å². The highest BCUT2D eigenvalue weighted by molar-refractivity contribution is 4.93. The Balaban J connectivity index is 2.63. The first-order chi connectivity index (χ1) is 6.55. The van der Waals surface area contributed by atoms with Gasteiger partial charge in [0.15, 0.2) is 0 Å². The zero-order valence-corrected chi connectivity index (χ0v) is 8.99. The molecule has 0 atom stereocenters. The van der Waals surface area contributed by atoms with E-state index in [2.05, 4.69) is 0 Å². The summed E-state index contributed by atoms with van der Waals surface area (Å²) in [6.45, 7) is 4.72. The Morgan fingerprint density at radius 2 is 2.14 bits per heavy atom. The molecule has 0 unspecified atom stereocenters. The maximum absolute atomic E-state index is 11.3. The fourth-order valence-electron chi connectivity index (χ4n) is 1.14. The lowest BCUT2D eigenvalue weighted by Gasteiger charge is -2.22. The highest BCUT2D eigenvalue weighted by Gasteiger charge is 2.15. The first kappa shape index (κ1) is 11.0. The normalized spacial score (nSPS) is 11.6. The Labute approximate surface area is 84.3 Å². The minimum Gasteiger partial charge on any atom is -0.379 e. The van der Waals surface area contributed by atoms with Crippen molar-refractivity contribution in [2.45, 2.75) is 32.4 Å². The molecule has 14 heavy (non-hydrogen) atoms. The van der Waals surface area contributed by atoms with Crippen LogP contribution in [0.2, 0.25) is 0 Å². The Hall–Kier alpha value is -1.09. The molecule has 1 rings (SSSR count). The van der Waals surface area contributed by atoms with Crippen molar-refractivity contribution in [3.05, 3.63) is 34.7 Å². The van der Waals surface area contributed by atoms with E-state index in [0.717, 1.165) is 6.42 Å². The Kier molecular flexibility index (Phi) is 3.47. The van der Waals surface area contributed by atoms with Crippen LogP contribution in [0.15, 0.2) is 29.2 Å². The Bertz CT molecular complexity index is 341. The van der Waals surface area contributed by atoms with Crippen LogP contribution in [-0.4, -0.2) is 17.3 Å². The van der Waals surface area contributed by atoms with Crippen molar-refractivity contribution in [3.63, 3.8) is 0 Å². The molecule has 0 amide bonds. The van der Waals surface area contributed by atoms with Gasteiger partial charge in [-0.1, -0.05) is 6.07 Å². The smallest absolute Gasteiger partial charge is 0.250 e. The summed E-state index contributed by atoms with van der Waals surface area (Å²) in [5.41, 5.74) is -0.130. The monoisotopic (exact) mass is 195 g/mol. The Morgan fingerprint density at radius 1 is 1.43 bits per heavy atom. The molecule has 0 aliphatic carbocycles. The first-order valence-corrected chi connectivity index (χ1v) is 4.76. The molecule has 1 aromatic heterocycles. The molecule has 1 aromatic rings. The molecule has 3 nitrogen and oxygen atoms in total. The number of hydrogen-bond donors (Lipinski definition) is 0. The van der Waals surface area contributed by atoms with Crippen LogP contribution in [0.5, 0.6) is 0 Å². The van der Waals surface area contributed by atoms with Gasteiger partial charge in [-0.25, -0.2) is 0 Å². The van der Waals surface area contributed by atoms with Gasteiger partial charge < -0.3 is 9.30 Å². The second-order valence-electron chi connectivity index (χ2n) is 3.95. The number of nitrogens with zero attached hydrogens (tertiary/aromatic N) is 1. The largest absolute Gasteiger partial charge is 0.379 e. The number of ether oxygens (including phenoxy) is 1. The molecule has 0 N–H and O–H groups in total. The molecule has 0 spiro atoms. The average molecular weight is 195 g/mol. The van der Waals surface area contributed by atoms with E-state index in [1.165, 1.54) is 0 Å². The summed E-state index contributed by atoms with van der Waals surface area (Å²) < 4.78 is 6.98. The molecule has 0 aliphatic rings. The van der Waals surface area contributed by atoms with Crippen molar-refractivity contribution in [3.8, 4) is 0 Å². The minimum absolute atomic E-state index is 0.0411. The van der Waals surface area contributed by atoms with Crippen molar-refractivity contribution >= 4 is 0 Å². The SMILES string of the molecule is COC(C)(C)CCn1ccccc1=O. The van der Waals surface area contributed by atoms with Crippen molar-refractivity contribution in [2.75, 3.05) is 7.11 Å². The third-order valence-electron chi connectivity index (χ3n) is 2.41. The van der Waals surface area contributed by atoms with Crippen LogP contribution in [-0.2, 0) is 11.3 Å².